The molecular formula is C15H18N2O2. The summed E-state index contributed by atoms with van der Waals surface area (Å²) in [5, 5.41) is 4.06. The number of ether oxygens (including phenoxy) is 1. The zero-order valence-electron chi connectivity index (χ0n) is 11.1. The van der Waals surface area contributed by atoms with Crippen molar-refractivity contribution in [2.75, 3.05) is 13.1 Å². The van der Waals surface area contributed by atoms with E-state index in [1.165, 1.54) is 0 Å². The van der Waals surface area contributed by atoms with Gasteiger partial charge in [0, 0.05) is 19.5 Å². The largest absolute Gasteiger partial charge is 0.470 e. The Hall–Kier alpha value is -1.81. The summed E-state index contributed by atoms with van der Waals surface area (Å²) in [7, 11) is 0. The molecule has 3 rings (SSSR count). The second-order valence-electron chi connectivity index (χ2n) is 4.78. The van der Waals surface area contributed by atoms with Crippen molar-refractivity contribution in [3.05, 3.63) is 47.2 Å². The topological polar surface area (TPSA) is 38.5 Å². The van der Waals surface area contributed by atoms with Crippen LogP contribution < -0.4 is 4.74 Å². The van der Waals surface area contributed by atoms with Crippen molar-refractivity contribution < 1.29 is 9.26 Å². The summed E-state index contributed by atoms with van der Waals surface area (Å²) >= 11 is 0. The number of aromatic nitrogens is 1. The first kappa shape index (κ1) is 12.2. The predicted octanol–water partition coefficient (Wildman–Crippen LogP) is 2.63. The highest BCUT2D eigenvalue weighted by molar-refractivity contribution is 5.30. The Morgan fingerprint density at radius 1 is 1.32 bits per heavy atom. The van der Waals surface area contributed by atoms with E-state index in [0.29, 0.717) is 12.5 Å². The van der Waals surface area contributed by atoms with E-state index in [2.05, 4.69) is 17.0 Å². The van der Waals surface area contributed by atoms with Crippen LogP contribution in [0, 0.1) is 0 Å². The lowest BCUT2D eigenvalue weighted by atomic mass is 10.1. The Kier molecular flexibility index (Phi) is 3.51. The summed E-state index contributed by atoms with van der Waals surface area (Å²) in [6.07, 6.45) is 0.921. The van der Waals surface area contributed by atoms with Crippen molar-refractivity contribution in [2.45, 2.75) is 26.5 Å². The maximum Gasteiger partial charge on any atom is 0.259 e. The molecule has 0 N–H and O–H groups in total. The minimum Gasteiger partial charge on any atom is -0.470 e. The van der Waals surface area contributed by atoms with Crippen LogP contribution in [0.25, 0.3) is 0 Å². The third kappa shape index (κ3) is 2.63. The molecule has 0 aliphatic carbocycles. The number of rotatable bonds is 4. The van der Waals surface area contributed by atoms with Crippen molar-refractivity contribution in [1.29, 1.82) is 0 Å². The average Bonchev–Trinajstić information content (AvgIpc) is 2.88. The first-order valence-electron chi connectivity index (χ1n) is 6.73. The molecule has 0 spiro atoms. The fourth-order valence-electron chi connectivity index (χ4n) is 2.35. The van der Waals surface area contributed by atoms with Crippen LogP contribution in [0.3, 0.4) is 0 Å². The summed E-state index contributed by atoms with van der Waals surface area (Å²) in [6, 6.07) is 10.1. The molecule has 0 atom stereocenters. The quantitative estimate of drug-likeness (QED) is 0.845. The van der Waals surface area contributed by atoms with E-state index in [0.717, 1.165) is 42.9 Å². The molecule has 1 aliphatic heterocycles. The van der Waals surface area contributed by atoms with E-state index < -0.39 is 0 Å². The average molecular weight is 258 g/mol. The summed E-state index contributed by atoms with van der Waals surface area (Å²) in [6.45, 7) is 5.66. The first-order valence-corrected chi connectivity index (χ1v) is 6.73. The molecule has 4 heteroatoms. The van der Waals surface area contributed by atoms with Gasteiger partial charge in [-0.25, -0.2) is 0 Å². The smallest absolute Gasteiger partial charge is 0.259 e. The van der Waals surface area contributed by atoms with Gasteiger partial charge in [-0.2, -0.15) is 0 Å². The maximum absolute atomic E-state index is 5.79. The van der Waals surface area contributed by atoms with Crippen LogP contribution in [0.5, 0.6) is 5.88 Å². The minimum absolute atomic E-state index is 0.534. The van der Waals surface area contributed by atoms with Crippen LogP contribution in [-0.4, -0.2) is 23.1 Å². The van der Waals surface area contributed by atoms with Crippen LogP contribution >= 0.6 is 0 Å². The van der Waals surface area contributed by atoms with Gasteiger partial charge in [0.1, 0.15) is 12.4 Å². The maximum atomic E-state index is 5.79. The fourth-order valence-corrected chi connectivity index (χ4v) is 2.35. The number of hydrogen-bond donors (Lipinski definition) is 0. The van der Waals surface area contributed by atoms with E-state index in [9.17, 15) is 0 Å². The highest BCUT2D eigenvalue weighted by Crippen LogP contribution is 2.27. The van der Waals surface area contributed by atoms with Crippen molar-refractivity contribution in [1.82, 2.24) is 10.1 Å². The SMILES string of the molecule is CCN1CCc2onc(OCc3ccccc3)c2C1. The molecule has 0 bridgehead atoms. The third-order valence-electron chi connectivity index (χ3n) is 3.54. The van der Waals surface area contributed by atoms with Crippen molar-refractivity contribution >= 4 is 0 Å². The van der Waals surface area contributed by atoms with Crippen molar-refractivity contribution in [3.8, 4) is 5.88 Å². The second kappa shape index (κ2) is 5.45. The fraction of sp³-hybridized carbons (Fsp3) is 0.400. The van der Waals surface area contributed by atoms with Gasteiger partial charge in [0.15, 0.2) is 0 Å². The molecule has 1 aromatic heterocycles. The summed E-state index contributed by atoms with van der Waals surface area (Å²) in [5.41, 5.74) is 2.26. The Morgan fingerprint density at radius 2 is 2.16 bits per heavy atom. The number of likely N-dealkylation sites (N-methyl/N-ethyl adjacent to an activating group) is 1. The minimum atomic E-state index is 0.534. The molecule has 4 nitrogen and oxygen atoms in total. The first-order chi connectivity index (χ1) is 9.36. The summed E-state index contributed by atoms with van der Waals surface area (Å²) < 4.78 is 11.2. The summed E-state index contributed by atoms with van der Waals surface area (Å²) in [5.74, 6) is 1.63. The molecule has 2 aromatic rings. The molecule has 100 valence electrons. The zero-order valence-corrected chi connectivity index (χ0v) is 11.1. The molecule has 1 aliphatic rings. The standard InChI is InChI=1S/C15H18N2O2/c1-2-17-9-8-14-13(10-17)15(16-19-14)18-11-12-6-4-3-5-7-12/h3-7H,2,8-11H2,1H3. The predicted molar refractivity (Wildman–Crippen MR) is 71.9 cm³/mol. The van der Waals surface area contributed by atoms with Gasteiger partial charge in [0.25, 0.3) is 5.88 Å². The van der Waals surface area contributed by atoms with Crippen LogP contribution in [0.2, 0.25) is 0 Å². The number of fused-ring (bicyclic) bond motifs is 1. The zero-order chi connectivity index (χ0) is 13.1. The molecule has 0 unspecified atom stereocenters. The Morgan fingerprint density at radius 3 is 2.95 bits per heavy atom. The Balaban J connectivity index is 1.71. The monoisotopic (exact) mass is 258 g/mol. The van der Waals surface area contributed by atoms with Gasteiger partial charge in [-0.15, -0.1) is 0 Å². The van der Waals surface area contributed by atoms with E-state index >= 15 is 0 Å². The Labute approximate surface area is 113 Å². The van der Waals surface area contributed by atoms with Gasteiger partial charge in [-0.05, 0) is 17.3 Å². The van der Waals surface area contributed by atoms with Gasteiger partial charge >= 0.3 is 0 Å². The lowest BCUT2D eigenvalue weighted by molar-refractivity contribution is 0.246. The van der Waals surface area contributed by atoms with Crippen molar-refractivity contribution in [2.24, 2.45) is 0 Å². The Bertz CT molecular complexity index is 536. The van der Waals surface area contributed by atoms with Crippen molar-refractivity contribution in [3.63, 3.8) is 0 Å². The molecule has 0 saturated heterocycles. The number of hydrogen-bond acceptors (Lipinski definition) is 4. The van der Waals surface area contributed by atoms with Crippen LogP contribution in [-0.2, 0) is 19.6 Å². The lowest BCUT2D eigenvalue weighted by Crippen LogP contribution is -2.29. The van der Waals surface area contributed by atoms with Gasteiger partial charge in [0.2, 0.25) is 0 Å². The summed E-state index contributed by atoms with van der Waals surface area (Å²) in [4.78, 5) is 2.37. The lowest BCUT2D eigenvalue weighted by Gasteiger charge is -2.23. The highest BCUT2D eigenvalue weighted by atomic mass is 16.5. The third-order valence-corrected chi connectivity index (χ3v) is 3.54. The second-order valence-corrected chi connectivity index (χ2v) is 4.78. The highest BCUT2D eigenvalue weighted by Gasteiger charge is 2.24. The van der Waals surface area contributed by atoms with E-state index in [-0.39, 0.29) is 0 Å². The van der Waals surface area contributed by atoms with E-state index in [1.54, 1.807) is 0 Å². The van der Waals surface area contributed by atoms with E-state index in [4.69, 9.17) is 9.26 Å². The molecule has 0 fully saturated rings. The van der Waals surface area contributed by atoms with Gasteiger partial charge in [-0.3, -0.25) is 4.90 Å². The molecular weight excluding hydrogens is 240 g/mol. The van der Waals surface area contributed by atoms with Crippen LogP contribution in [0.15, 0.2) is 34.9 Å². The number of nitrogens with zero attached hydrogens (tertiary/aromatic N) is 2. The van der Waals surface area contributed by atoms with E-state index in [1.807, 2.05) is 30.3 Å². The van der Waals surface area contributed by atoms with Gasteiger partial charge < -0.3 is 9.26 Å². The molecule has 2 heterocycles. The molecule has 19 heavy (non-hydrogen) atoms. The number of benzene rings is 1. The van der Waals surface area contributed by atoms with Gasteiger partial charge in [0.05, 0.1) is 5.56 Å². The van der Waals surface area contributed by atoms with Crippen LogP contribution in [0.1, 0.15) is 23.8 Å². The molecule has 0 amide bonds. The molecule has 0 saturated carbocycles. The normalized spacial score (nSPS) is 15.2. The van der Waals surface area contributed by atoms with Gasteiger partial charge in [-0.1, -0.05) is 37.3 Å². The van der Waals surface area contributed by atoms with Crippen LogP contribution in [0.4, 0.5) is 0 Å². The molecule has 0 radical (unpaired) electrons. The molecule has 1 aromatic carbocycles.